The third kappa shape index (κ3) is 9.44. The van der Waals surface area contributed by atoms with Crippen molar-refractivity contribution in [2.45, 2.75) is 64.5 Å². The van der Waals surface area contributed by atoms with E-state index in [2.05, 4.69) is 0 Å². The number of ether oxygens (including phenoxy) is 5. The average Bonchev–Trinajstić information content (AvgIpc) is 2.63. The fraction of sp³-hybridized carbons (Fsp3) is 0.778. The van der Waals surface area contributed by atoms with Gasteiger partial charge < -0.3 is 23.7 Å². The van der Waals surface area contributed by atoms with E-state index in [0.29, 0.717) is 0 Å². The molecular weight excluding hydrogens is 456 g/mol. The molecule has 31 heavy (non-hydrogen) atoms. The quantitative estimate of drug-likeness (QED) is 0.309. The monoisotopic (exact) mass is 484 g/mol. The van der Waals surface area contributed by atoms with E-state index in [1.807, 2.05) is 0 Å². The van der Waals surface area contributed by atoms with E-state index in [0.717, 1.165) is 32.5 Å². The van der Waals surface area contributed by atoms with E-state index in [9.17, 15) is 27.6 Å². The topological polar surface area (TPSA) is 149 Å². The fourth-order valence-electron chi connectivity index (χ4n) is 2.76. The SMILES string of the molecule is CCS(=O)(=O)CCS[C@@H]1O[C@H](COC(C)=O)[C@H](OC(C)=O)[C@@H](OC(C)=O)[C@@H]1OC(C)=O. The van der Waals surface area contributed by atoms with Crippen molar-refractivity contribution in [3.63, 3.8) is 0 Å². The Balaban J connectivity index is 3.24. The maximum Gasteiger partial charge on any atom is 0.303 e. The van der Waals surface area contributed by atoms with Crippen LogP contribution in [0, 0.1) is 0 Å². The lowest BCUT2D eigenvalue weighted by molar-refractivity contribution is -0.237. The number of esters is 4. The van der Waals surface area contributed by atoms with Gasteiger partial charge in [-0.2, -0.15) is 0 Å². The van der Waals surface area contributed by atoms with Gasteiger partial charge in [0.2, 0.25) is 0 Å². The molecule has 0 unspecified atom stereocenters. The second-order valence-corrected chi connectivity index (χ2v) is 10.4. The maximum atomic E-state index is 11.8. The summed E-state index contributed by atoms with van der Waals surface area (Å²) in [5.74, 6) is -2.87. The first kappa shape index (κ1) is 27.2. The maximum absolute atomic E-state index is 11.8. The van der Waals surface area contributed by atoms with Crippen LogP contribution in [-0.2, 0) is 52.7 Å². The minimum absolute atomic E-state index is 0.0356. The number of hydrogen-bond donors (Lipinski definition) is 0. The molecule has 0 bridgehead atoms. The van der Waals surface area contributed by atoms with Gasteiger partial charge in [-0.05, 0) is 0 Å². The van der Waals surface area contributed by atoms with E-state index in [-0.39, 0.29) is 23.9 Å². The van der Waals surface area contributed by atoms with Crippen LogP contribution in [0.3, 0.4) is 0 Å². The van der Waals surface area contributed by atoms with E-state index >= 15 is 0 Å². The summed E-state index contributed by atoms with van der Waals surface area (Å²) in [6.07, 6.45) is -4.75. The number of hydrogen-bond acceptors (Lipinski definition) is 12. The van der Waals surface area contributed by atoms with E-state index in [4.69, 9.17) is 23.7 Å². The zero-order valence-corrected chi connectivity index (χ0v) is 19.7. The third-order valence-corrected chi connectivity index (χ3v) is 7.18. The fourth-order valence-corrected chi connectivity index (χ4v) is 5.30. The third-order valence-electron chi connectivity index (χ3n) is 4.06. The minimum Gasteiger partial charge on any atom is -0.463 e. The van der Waals surface area contributed by atoms with Gasteiger partial charge in [0.25, 0.3) is 0 Å². The predicted molar refractivity (Wildman–Crippen MR) is 109 cm³/mol. The molecule has 1 heterocycles. The standard InChI is InChI=1S/C18H28O11S2/c1-6-31(23,24)8-7-30-18-17(28-13(5)22)16(27-12(4)21)15(26-11(3)20)14(29-18)9-25-10(2)19/h14-18H,6-9H2,1-5H3/t14-,15+,16-,17+,18+/m1/s1. The Morgan fingerprint density at radius 1 is 0.839 bits per heavy atom. The molecule has 11 nitrogen and oxygen atoms in total. The summed E-state index contributed by atoms with van der Waals surface area (Å²) in [6.45, 7) is 5.76. The first-order valence-electron chi connectivity index (χ1n) is 9.48. The first-order chi connectivity index (χ1) is 14.4. The van der Waals surface area contributed by atoms with Gasteiger partial charge in [0.15, 0.2) is 28.1 Å². The van der Waals surface area contributed by atoms with Crippen molar-refractivity contribution < 1.29 is 51.3 Å². The molecule has 0 radical (unpaired) electrons. The summed E-state index contributed by atoms with van der Waals surface area (Å²) >= 11 is 1.03. The van der Waals surface area contributed by atoms with Crippen LogP contribution in [0.15, 0.2) is 0 Å². The van der Waals surface area contributed by atoms with Gasteiger partial charge in [-0.25, -0.2) is 8.42 Å². The highest BCUT2D eigenvalue weighted by Crippen LogP contribution is 2.34. The molecule has 0 saturated carbocycles. The van der Waals surface area contributed by atoms with E-state index in [1.165, 1.54) is 13.8 Å². The van der Waals surface area contributed by atoms with Gasteiger partial charge in [-0.1, -0.05) is 6.92 Å². The highest BCUT2D eigenvalue weighted by molar-refractivity contribution is 8.01. The molecule has 13 heteroatoms. The normalized spacial score (nSPS) is 25.9. The second kappa shape index (κ2) is 12.2. The van der Waals surface area contributed by atoms with Crippen molar-refractivity contribution in [3.8, 4) is 0 Å². The zero-order valence-electron chi connectivity index (χ0n) is 18.0. The van der Waals surface area contributed by atoms with Gasteiger partial charge in [0.05, 0.1) is 5.75 Å². The zero-order chi connectivity index (χ0) is 23.8. The molecule has 0 aliphatic carbocycles. The first-order valence-corrected chi connectivity index (χ1v) is 12.4. The Bertz CT molecular complexity index is 764. The Labute approximate surface area is 185 Å². The molecule has 0 spiro atoms. The number of carbonyl (C=O) groups is 4. The molecule has 178 valence electrons. The lowest BCUT2D eigenvalue weighted by Gasteiger charge is -2.44. The van der Waals surface area contributed by atoms with E-state index in [1.54, 1.807) is 0 Å². The van der Waals surface area contributed by atoms with Crippen molar-refractivity contribution in [1.82, 2.24) is 0 Å². The summed E-state index contributed by atoms with van der Waals surface area (Å²) in [7, 11) is -3.26. The largest absolute Gasteiger partial charge is 0.463 e. The van der Waals surface area contributed by atoms with Crippen molar-refractivity contribution in [3.05, 3.63) is 0 Å². The van der Waals surface area contributed by atoms with Crippen LogP contribution in [-0.4, -0.2) is 86.0 Å². The Morgan fingerprint density at radius 3 is 1.84 bits per heavy atom. The van der Waals surface area contributed by atoms with Gasteiger partial charge in [-0.3, -0.25) is 19.2 Å². The Morgan fingerprint density at radius 2 is 1.35 bits per heavy atom. The Kier molecular flexibility index (Phi) is 10.7. The van der Waals surface area contributed by atoms with E-state index < -0.39 is 63.6 Å². The number of sulfone groups is 1. The smallest absolute Gasteiger partial charge is 0.303 e. The molecule has 1 fully saturated rings. The highest BCUT2D eigenvalue weighted by Gasteiger charge is 2.52. The second-order valence-electron chi connectivity index (χ2n) is 6.67. The van der Waals surface area contributed by atoms with Crippen LogP contribution in [0.4, 0.5) is 0 Å². The lowest BCUT2D eigenvalue weighted by atomic mass is 9.99. The molecule has 5 atom stereocenters. The van der Waals surface area contributed by atoms with Crippen LogP contribution < -0.4 is 0 Å². The van der Waals surface area contributed by atoms with Crippen LogP contribution in [0.25, 0.3) is 0 Å². The average molecular weight is 485 g/mol. The van der Waals surface area contributed by atoms with Gasteiger partial charge >= 0.3 is 23.9 Å². The lowest BCUT2D eigenvalue weighted by Crippen LogP contribution is -2.61. The van der Waals surface area contributed by atoms with Crippen molar-refractivity contribution in [2.75, 3.05) is 23.9 Å². The summed E-state index contributed by atoms with van der Waals surface area (Å²) in [6, 6.07) is 0. The number of carbonyl (C=O) groups excluding carboxylic acids is 4. The summed E-state index contributed by atoms with van der Waals surface area (Å²) < 4.78 is 50.3. The molecule has 1 rings (SSSR count). The summed E-state index contributed by atoms with van der Waals surface area (Å²) in [4.78, 5) is 46.3. The molecule has 1 saturated heterocycles. The molecule has 1 aliphatic heterocycles. The van der Waals surface area contributed by atoms with Crippen LogP contribution in [0.5, 0.6) is 0 Å². The predicted octanol–water partition coefficient (Wildman–Crippen LogP) is 0.237. The van der Waals surface area contributed by atoms with Gasteiger partial charge in [-0.15, -0.1) is 11.8 Å². The molecule has 0 aromatic rings. The van der Waals surface area contributed by atoms with Crippen molar-refractivity contribution in [2.24, 2.45) is 0 Å². The molecule has 0 aromatic carbocycles. The molecular formula is C18H28O11S2. The van der Waals surface area contributed by atoms with Crippen LogP contribution >= 0.6 is 11.8 Å². The van der Waals surface area contributed by atoms with Crippen LogP contribution in [0.1, 0.15) is 34.6 Å². The van der Waals surface area contributed by atoms with Crippen LogP contribution in [0.2, 0.25) is 0 Å². The molecule has 0 amide bonds. The number of rotatable bonds is 10. The Hall–Kier alpha value is -1.86. The summed E-state index contributed by atoms with van der Waals surface area (Å²) in [5, 5.41) is 0. The highest BCUT2D eigenvalue weighted by atomic mass is 32.2. The van der Waals surface area contributed by atoms with Gasteiger partial charge in [0.1, 0.15) is 18.1 Å². The minimum atomic E-state index is -3.26. The van der Waals surface area contributed by atoms with Crippen molar-refractivity contribution in [1.29, 1.82) is 0 Å². The number of thioether (sulfide) groups is 1. The molecule has 0 N–H and O–H groups in total. The van der Waals surface area contributed by atoms with Crippen molar-refractivity contribution >= 4 is 45.5 Å². The molecule has 1 aliphatic rings. The summed E-state index contributed by atoms with van der Waals surface area (Å²) in [5.41, 5.74) is -0.979. The van der Waals surface area contributed by atoms with Gasteiger partial charge in [0, 0.05) is 39.2 Å². The molecule has 0 aromatic heterocycles.